The van der Waals surface area contributed by atoms with E-state index in [9.17, 15) is 5.11 Å². The Morgan fingerprint density at radius 1 is 1.54 bits per heavy atom. The van der Waals surface area contributed by atoms with E-state index < -0.39 is 0 Å². The minimum Gasteiger partial charge on any atom is -0.389 e. The van der Waals surface area contributed by atoms with Gasteiger partial charge in [0.15, 0.2) is 0 Å². The number of halogens is 1. The average Bonchev–Trinajstić information content (AvgIpc) is 2.04. The third-order valence-electron chi connectivity index (χ3n) is 2.30. The number of nitrogens with two attached hydrogens (primary N) is 1. The SMILES string of the molecule is C/C(=C/[C@@H](O)[C@@H](C)CCI)[C@H](C)N. The van der Waals surface area contributed by atoms with Crippen LogP contribution in [0.5, 0.6) is 0 Å². The van der Waals surface area contributed by atoms with Crippen molar-refractivity contribution in [1.82, 2.24) is 0 Å². The van der Waals surface area contributed by atoms with Crippen LogP contribution in [0.3, 0.4) is 0 Å². The molecule has 0 saturated heterocycles. The quantitative estimate of drug-likeness (QED) is 0.464. The monoisotopic (exact) mass is 297 g/mol. The Morgan fingerprint density at radius 3 is 2.46 bits per heavy atom. The van der Waals surface area contributed by atoms with Crippen molar-refractivity contribution in [2.45, 2.75) is 39.3 Å². The fourth-order valence-corrected chi connectivity index (χ4v) is 1.91. The molecule has 0 radical (unpaired) electrons. The molecule has 0 spiro atoms. The summed E-state index contributed by atoms with van der Waals surface area (Å²) in [7, 11) is 0. The third-order valence-corrected chi connectivity index (χ3v) is 2.92. The molecule has 0 fully saturated rings. The first kappa shape index (κ1) is 13.4. The number of aliphatic hydroxyl groups is 1. The van der Waals surface area contributed by atoms with Gasteiger partial charge in [-0.15, -0.1) is 0 Å². The predicted molar refractivity (Wildman–Crippen MR) is 66.1 cm³/mol. The highest BCUT2D eigenvalue weighted by Crippen LogP contribution is 2.13. The van der Waals surface area contributed by atoms with Crippen molar-refractivity contribution in [1.29, 1.82) is 0 Å². The van der Waals surface area contributed by atoms with Gasteiger partial charge in [-0.05, 0) is 30.6 Å². The normalized spacial score (nSPS) is 19.7. The summed E-state index contributed by atoms with van der Waals surface area (Å²) in [5.41, 5.74) is 6.74. The topological polar surface area (TPSA) is 46.2 Å². The van der Waals surface area contributed by atoms with E-state index in [-0.39, 0.29) is 12.1 Å². The Kier molecular flexibility index (Phi) is 6.99. The molecule has 0 aliphatic rings. The summed E-state index contributed by atoms with van der Waals surface area (Å²) in [5, 5.41) is 9.73. The molecule has 0 saturated carbocycles. The predicted octanol–water partition coefficient (Wildman–Crippen LogP) is 2.10. The van der Waals surface area contributed by atoms with E-state index in [4.69, 9.17) is 5.73 Å². The maximum atomic E-state index is 9.73. The summed E-state index contributed by atoms with van der Waals surface area (Å²) in [4.78, 5) is 0. The Balaban J connectivity index is 4.11. The molecule has 0 aromatic rings. The average molecular weight is 297 g/mol. The lowest BCUT2D eigenvalue weighted by Crippen LogP contribution is -2.21. The molecule has 0 amide bonds. The smallest absolute Gasteiger partial charge is 0.0749 e. The van der Waals surface area contributed by atoms with Crippen molar-refractivity contribution in [2.75, 3.05) is 4.43 Å². The van der Waals surface area contributed by atoms with Gasteiger partial charge in [0.25, 0.3) is 0 Å². The molecule has 13 heavy (non-hydrogen) atoms. The van der Waals surface area contributed by atoms with E-state index >= 15 is 0 Å². The van der Waals surface area contributed by atoms with E-state index in [0.29, 0.717) is 5.92 Å². The largest absolute Gasteiger partial charge is 0.389 e. The van der Waals surface area contributed by atoms with Crippen molar-refractivity contribution < 1.29 is 5.11 Å². The Bertz CT molecular complexity index is 168. The molecule has 0 aliphatic carbocycles. The first-order valence-corrected chi connectivity index (χ1v) is 6.19. The van der Waals surface area contributed by atoms with Crippen molar-refractivity contribution in [3.05, 3.63) is 11.6 Å². The molecule has 0 rings (SSSR count). The van der Waals surface area contributed by atoms with Crippen LogP contribution in [0.25, 0.3) is 0 Å². The van der Waals surface area contributed by atoms with Crippen LogP contribution < -0.4 is 5.73 Å². The molecule has 0 unspecified atom stereocenters. The second-order valence-electron chi connectivity index (χ2n) is 3.64. The van der Waals surface area contributed by atoms with Gasteiger partial charge in [-0.2, -0.15) is 0 Å². The number of alkyl halides is 1. The van der Waals surface area contributed by atoms with Crippen molar-refractivity contribution in [2.24, 2.45) is 11.7 Å². The third kappa shape index (κ3) is 5.65. The second-order valence-corrected chi connectivity index (χ2v) is 4.72. The summed E-state index contributed by atoms with van der Waals surface area (Å²) in [5.74, 6) is 0.325. The minimum absolute atomic E-state index is 0.0430. The molecule has 3 heteroatoms. The van der Waals surface area contributed by atoms with Gasteiger partial charge in [-0.25, -0.2) is 0 Å². The molecule has 0 aliphatic heterocycles. The van der Waals surface area contributed by atoms with Crippen LogP contribution >= 0.6 is 22.6 Å². The van der Waals surface area contributed by atoms with Crippen molar-refractivity contribution >= 4 is 22.6 Å². The van der Waals surface area contributed by atoms with Crippen LogP contribution in [0.1, 0.15) is 27.2 Å². The van der Waals surface area contributed by atoms with Gasteiger partial charge >= 0.3 is 0 Å². The number of rotatable bonds is 5. The Morgan fingerprint density at radius 2 is 2.08 bits per heavy atom. The molecule has 3 N–H and O–H groups in total. The highest BCUT2D eigenvalue weighted by atomic mass is 127. The van der Waals surface area contributed by atoms with Gasteiger partial charge in [-0.1, -0.05) is 41.2 Å². The minimum atomic E-state index is -0.347. The maximum Gasteiger partial charge on any atom is 0.0749 e. The zero-order valence-electron chi connectivity index (χ0n) is 8.63. The zero-order valence-corrected chi connectivity index (χ0v) is 10.8. The molecule has 3 atom stereocenters. The van der Waals surface area contributed by atoms with Gasteiger partial charge < -0.3 is 10.8 Å². The van der Waals surface area contributed by atoms with Gasteiger partial charge in [0.1, 0.15) is 0 Å². The molecular formula is C10H20INO. The Labute approximate surface area is 94.7 Å². The molecule has 0 bridgehead atoms. The maximum absolute atomic E-state index is 9.73. The van der Waals surface area contributed by atoms with E-state index in [0.717, 1.165) is 16.4 Å². The fraction of sp³-hybridized carbons (Fsp3) is 0.800. The number of hydrogen-bond donors (Lipinski definition) is 2. The van der Waals surface area contributed by atoms with Crippen LogP contribution in [-0.2, 0) is 0 Å². The van der Waals surface area contributed by atoms with Crippen LogP contribution in [0.4, 0.5) is 0 Å². The van der Waals surface area contributed by atoms with Gasteiger partial charge in [0, 0.05) is 6.04 Å². The zero-order chi connectivity index (χ0) is 10.4. The van der Waals surface area contributed by atoms with E-state index in [1.54, 1.807) is 0 Å². The molecular weight excluding hydrogens is 277 g/mol. The lowest BCUT2D eigenvalue weighted by atomic mass is 9.98. The summed E-state index contributed by atoms with van der Waals surface area (Å²) in [6.45, 7) is 5.96. The van der Waals surface area contributed by atoms with Crippen LogP contribution in [0, 0.1) is 5.92 Å². The first-order valence-electron chi connectivity index (χ1n) is 4.67. The molecule has 0 aromatic heterocycles. The summed E-state index contributed by atoms with van der Waals surface area (Å²) >= 11 is 2.33. The van der Waals surface area contributed by atoms with Crippen LogP contribution in [0.15, 0.2) is 11.6 Å². The van der Waals surface area contributed by atoms with Gasteiger partial charge in [0.2, 0.25) is 0 Å². The van der Waals surface area contributed by atoms with Crippen molar-refractivity contribution in [3.8, 4) is 0 Å². The van der Waals surface area contributed by atoms with Crippen molar-refractivity contribution in [3.63, 3.8) is 0 Å². The lowest BCUT2D eigenvalue weighted by molar-refractivity contribution is 0.160. The first-order chi connectivity index (χ1) is 5.99. The molecule has 2 nitrogen and oxygen atoms in total. The van der Waals surface area contributed by atoms with Gasteiger partial charge in [-0.3, -0.25) is 0 Å². The fourth-order valence-electron chi connectivity index (χ4n) is 0.928. The van der Waals surface area contributed by atoms with E-state index in [1.807, 2.05) is 19.9 Å². The number of hydrogen-bond acceptors (Lipinski definition) is 2. The molecule has 0 aromatic carbocycles. The van der Waals surface area contributed by atoms with Crippen LogP contribution in [-0.4, -0.2) is 21.7 Å². The summed E-state index contributed by atoms with van der Waals surface area (Å²) in [6, 6.07) is 0.0430. The van der Waals surface area contributed by atoms with E-state index in [1.165, 1.54) is 0 Å². The van der Waals surface area contributed by atoms with Gasteiger partial charge in [0.05, 0.1) is 6.10 Å². The van der Waals surface area contributed by atoms with E-state index in [2.05, 4.69) is 29.5 Å². The number of aliphatic hydroxyl groups excluding tert-OH is 1. The van der Waals surface area contributed by atoms with Crippen LogP contribution in [0.2, 0.25) is 0 Å². The summed E-state index contributed by atoms with van der Waals surface area (Å²) in [6.07, 6.45) is 2.58. The summed E-state index contributed by atoms with van der Waals surface area (Å²) < 4.78 is 1.08. The highest BCUT2D eigenvalue weighted by molar-refractivity contribution is 14.1. The molecule has 78 valence electrons. The second kappa shape index (κ2) is 6.79. The lowest BCUT2D eigenvalue weighted by Gasteiger charge is -2.16. The highest BCUT2D eigenvalue weighted by Gasteiger charge is 2.11. The standard InChI is InChI=1S/C10H20INO/c1-7(4-5-11)10(13)6-8(2)9(3)12/h6-7,9-10,13H,4-5,12H2,1-3H3/b8-6-/t7-,9-,10+/m0/s1. The Hall–Kier alpha value is 0.390. The molecule has 0 heterocycles.